The zero-order chi connectivity index (χ0) is 28.0. The van der Waals surface area contributed by atoms with Crippen LogP contribution in [0.3, 0.4) is 0 Å². The highest BCUT2D eigenvalue weighted by Gasteiger charge is 2.29. The van der Waals surface area contributed by atoms with E-state index in [1.807, 2.05) is 19.9 Å². The highest BCUT2D eigenvalue weighted by molar-refractivity contribution is 7.92. The van der Waals surface area contributed by atoms with Crippen LogP contribution in [-0.4, -0.2) is 45.7 Å². The number of anilines is 1. The monoisotopic (exact) mass is 540 g/mol. The molecule has 0 heterocycles. The molecule has 0 aromatic heterocycles. The van der Waals surface area contributed by atoms with E-state index in [2.05, 4.69) is 10.5 Å². The van der Waals surface area contributed by atoms with Crippen LogP contribution in [0.2, 0.25) is 0 Å². The molecule has 0 aliphatic carbocycles. The van der Waals surface area contributed by atoms with Gasteiger partial charge in [-0.2, -0.15) is 5.10 Å². The Morgan fingerprint density at radius 2 is 1.66 bits per heavy atom. The Hall–Kier alpha value is -4.45. The first kappa shape index (κ1) is 28.1. The van der Waals surface area contributed by atoms with Crippen molar-refractivity contribution >= 4 is 33.0 Å². The standard InChI is InChI=1S/C26H28N4O7S/c1-17-11-18(2)13-22(12-17)29(38(34,35)23-9-10-24(36-4)25(15-23)37-5)16-26(31)28-27-19(3)20-7-6-8-21(14-20)30(32)33/h6-15H,16H2,1-5H3,(H,28,31)/b27-19-. The summed E-state index contributed by atoms with van der Waals surface area (Å²) >= 11 is 0. The molecular weight excluding hydrogens is 512 g/mol. The third kappa shape index (κ3) is 6.45. The molecule has 12 heteroatoms. The third-order valence-corrected chi connectivity index (χ3v) is 7.32. The van der Waals surface area contributed by atoms with Crippen molar-refractivity contribution in [1.82, 2.24) is 5.43 Å². The number of carbonyl (C=O) groups is 1. The van der Waals surface area contributed by atoms with Crippen molar-refractivity contribution in [2.45, 2.75) is 25.7 Å². The van der Waals surface area contributed by atoms with Gasteiger partial charge in [0.15, 0.2) is 11.5 Å². The first-order valence-corrected chi connectivity index (χ1v) is 12.8. The van der Waals surface area contributed by atoms with E-state index in [0.29, 0.717) is 22.7 Å². The predicted molar refractivity (Wildman–Crippen MR) is 143 cm³/mol. The molecule has 0 fully saturated rings. The van der Waals surface area contributed by atoms with E-state index in [4.69, 9.17) is 9.47 Å². The van der Waals surface area contributed by atoms with Crippen LogP contribution in [0.1, 0.15) is 23.6 Å². The normalized spacial score (nSPS) is 11.6. The minimum Gasteiger partial charge on any atom is -0.493 e. The fourth-order valence-electron chi connectivity index (χ4n) is 3.73. The highest BCUT2D eigenvalue weighted by Crippen LogP contribution is 2.32. The van der Waals surface area contributed by atoms with Crippen molar-refractivity contribution in [1.29, 1.82) is 0 Å². The van der Waals surface area contributed by atoms with Crippen LogP contribution in [0.25, 0.3) is 0 Å². The Labute approximate surface area is 220 Å². The number of nitrogens with one attached hydrogen (secondary N) is 1. The lowest BCUT2D eigenvalue weighted by molar-refractivity contribution is -0.384. The van der Waals surface area contributed by atoms with Crippen LogP contribution in [-0.2, 0) is 14.8 Å². The molecule has 0 aliphatic heterocycles. The Kier molecular flexibility index (Phi) is 8.68. The molecule has 1 N–H and O–H groups in total. The van der Waals surface area contributed by atoms with E-state index in [9.17, 15) is 23.3 Å². The molecule has 0 spiro atoms. The first-order chi connectivity index (χ1) is 18.0. The molecule has 3 rings (SSSR count). The van der Waals surface area contributed by atoms with Gasteiger partial charge in [-0.15, -0.1) is 0 Å². The van der Waals surface area contributed by atoms with Crippen LogP contribution in [0.15, 0.2) is 70.7 Å². The summed E-state index contributed by atoms with van der Waals surface area (Å²) in [5.74, 6) is -0.137. The van der Waals surface area contributed by atoms with Crippen molar-refractivity contribution in [2.24, 2.45) is 5.10 Å². The largest absolute Gasteiger partial charge is 0.493 e. The number of nitrogens with zero attached hydrogens (tertiary/aromatic N) is 3. The number of nitro benzene ring substituents is 1. The lowest BCUT2D eigenvalue weighted by atomic mass is 10.1. The van der Waals surface area contributed by atoms with E-state index < -0.39 is 27.4 Å². The minimum absolute atomic E-state index is 0.0987. The third-order valence-electron chi connectivity index (χ3n) is 5.55. The van der Waals surface area contributed by atoms with Gasteiger partial charge in [-0.1, -0.05) is 18.2 Å². The molecule has 0 radical (unpaired) electrons. The van der Waals surface area contributed by atoms with Gasteiger partial charge < -0.3 is 9.47 Å². The number of aryl methyl sites for hydroxylation is 2. The molecule has 3 aromatic carbocycles. The smallest absolute Gasteiger partial charge is 0.270 e. The summed E-state index contributed by atoms with van der Waals surface area (Å²) < 4.78 is 39.0. The quantitative estimate of drug-likeness (QED) is 0.233. The van der Waals surface area contributed by atoms with Crippen molar-refractivity contribution in [3.63, 3.8) is 0 Å². The van der Waals surface area contributed by atoms with Crippen molar-refractivity contribution in [2.75, 3.05) is 25.1 Å². The molecule has 0 saturated carbocycles. The van der Waals surface area contributed by atoms with Crippen LogP contribution >= 0.6 is 0 Å². The molecule has 0 unspecified atom stereocenters. The highest BCUT2D eigenvalue weighted by atomic mass is 32.2. The van der Waals surface area contributed by atoms with Gasteiger partial charge in [0, 0.05) is 23.8 Å². The number of benzene rings is 3. The van der Waals surface area contributed by atoms with Gasteiger partial charge in [-0.05, 0) is 56.2 Å². The van der Waals surface area contributed by atoms with Gasteiger partial charge in [-0.25, -0.2) is 13.8 Å². The van der Waals surface area contributed by atoms with Gasteiger partial charge >= 0.3 is 0 Å². The predicted octanol–water partition coefficient (Wildman–Crippen LogP) is 3.96. The maximum atomic E-state index is 13.8. The SMILES string of the molecule is COc1ccc(S(=O)(=O)N(CC(=O)N/N=C(/C)c2cccc([N+](=O)[O-])c2)c2cc(C)cc(C)c2)cc1OC. The maximum absolute atomic E-state index is 13.8. The number of non-ortho nitro benzene ring substituents is 1. The summed E-state index contributed by atoms with van der Waals surface area (Å²) in [6.07, 6.45) is 0. The van der Waals surface area contributed by atoms with Gasteiger partial charge in [0.25, 0.3) is 21.6 Å². The van der Waals surface area contributed by atoms with E-state index in [0.717, 1.165) is 15.4 Å². The number of hydrazone groups is 1. The van der Waals surface area contributed by atoms with Crippen LogP contribution < -0.4 is 19.2 Å². The van der Waals surface area contributed by atoms with Crippen LogP contribution in [0, 0.1) is 24.0 Å². The number of amides is 1. The second-order valence-corrected chi connectivity index (χ2v) is 10.3. The first-order valence-electron chi connectivity index (χ1n) is 11.4. The number of ether oxygens (including phenoxy) is 2. The molecule has 0 saturated heterocycles. The Bertz CT molecular complexity index is 1480. The van der Waals surface area contributed by atoms with E-state index >= 15 is 0 Å². The van der Waals surface area contributed by atoms with Crippen LogP contribution in [0.4, 0.5) is 11.4 Å². The molecular formula is C26H28N4O7S. The fourth-order valence-corrected chi connectivity index (χ4v) is 5.16. The molecule has 0 atom stereocenters. The molecule has 0 bridgehead atoms. The Balaban J connectivity index is 1.96. The summed E-state index contributed by atoms with van der Waals surface area (Å²) in [6.45, 7) is 4.64. The van der Waals surface area contributed by atoms with Crippen molar-refractivity contribution < 1.29 is 27.6 Å². The average Bonchev–Trinajstić information content (AvgIpc) is 2.89. The Morgan fingerprint density at radius 1 is 1.00 bits per heavy atom. The van der Waals surface area contributed by atoms with Gasteiger partial charge in [-0.3, -0.25) is 19.2 Å². The fraction of sp³-hybridized carbons (Fsp3) is 0.231. The number of carbonyl (C=O) groups excluding carboxylic acids is 1. The molecule has 3 aromatic rings. The van der Waals surface area contributed by atoms with Gasteiger partial charge in [0.1, 0.15) is 6.54 Å². The number of nitro groups is 1. The minimum atomic E-state index is -4.23. The van der Waals surface area contributed by atoms with Gasteiger partial charge in [0.2, 0.25) is 0 Å². The van der Waals surface area contributed by atoms with Gasteiger partial charge in [0.05, 0.1) is 35.4 Å². The maximum Gasteiger partial charge on any atom is 0.270 e. The molecule has 11 nitrogen and oxygen atoms in total. The summed E-state index contributed by atoms with van der Waals surface area (Å²) in [5, 5.41) is 15.1. The number of hydrogen-bond acceptors (Lipinski definition) is 8. The number of sulfonamides is 1. The Morgan fingerprint density at radius 3 is 2.26 bits per heavy atom. The van der Waals surface area contributed by atoms with E-state index in [1.165, 1.54) is 50.6 Å². The summed E-state index contributed by atoms with van der Waals surface area (Å²) in [7, 11) is -1.40. The topological polar surface area (TPSA) is 140 Å². The number of hydrogen-bond donors (Lipinski definition) is 1. The zero-order valence-corrected chi connectivity index (χ0v) is 22.4. The molecule has 38 heavy (non-hydrogen) atoms. The summed E-state index contributed by atoms with van der Waals surface area (Å²) in [4.78, 5) is 23.4. The molecule has 0 aliphatic rings. The van der Waals surface area contributed by atoms with E-state index in [1.54, 1.807) is 25.1 Å². The van der Waals surface area contributed by atoms with E-state index in [-0.39, 0.29) is 16.3 Å². The number of methoxy groups -OCH3 is 2. The molecule has 1 amide bonds. The van der Waals surface area contributed by atoms with Crippen LogP contribution in [0.5, 0.6) is 11.5 Å². The lowest BCUT2D eigenvalue weighted by Gasteiger charge is -2.25. The lowest BCUT2D eigenvalue weighted by Crippen LogP contribution is -2.39. The second kappa shape index (κ2) is 11.7. The second-order valence-electron chi connectivity index (χ2n) is 8.41. The van der Waals surface area contributed by atoms with Crippen molar-refractivity contribution in [3.8, 4) is 11.5 Å². The summed E-state index contributed by atoms with van der Waals surface area (Å²) in [5.41, 5.74) is 4.90. The zero-order valence-electron chi connectivity index (χ0n) is 21.6. The average molecular weight is 541 g/mol. The summed E-state index contributed by atoms with van der Waals surface area (Å²) in [6, 6.07) is 15.2. The van der Waals surface area contributed by atoms with Crippen molar-refractivity contribution in [3.05, 3.63) is 87.5 Å². The number of rotatable bonds is 10. The molecule has 200 valence electrons.